The van der Waals surface area contributed by atoms with Gasteiger partial charge in [-0.25, -0.2) is 0 Å². The van der Waals surface area contributed by atoms with Gasteiger partial charge in [0.15, 0.2) is 0 Å². The van der Waals surface area contributed by atoms with Gasteiger partial charge in [0.2, 0.25) is 0 Å². The van der Waals surface area contributed by atoms with E-state index in [1.54, 1.807) is 0 Å². The molecule has 0 aromatic heterocycles. The predicted octanol–water partition coefficient (Wildman–Crippen LogP) is 3.29. The van der Waals surface area contributed by atoms with Gasteiger partial charge in [-0.1, -0.05) is 27.5 Å². The molecule has 1 aliphatic heterocycles. The second kappa shape index (κ2) is 6.19. The zero-order valence-corrected chi connectivity index (χ0v) is 12.4. The van der Waals surface area contributed by atoms with Gasteiger partial charge in [0.05, 0.1) is 0 Å². The summed E-state index contributed by atoms with van der Waals surface area (Å²) in [5.41, 5.74) is 1.21. The van der Waals surface area contributed by atoms with Crippen molar-refractivity contribution in [1.29, 1.82) is 0 Å². The van der Waals surface area contributed by atoms with E-state index in [0.29, 0.717) is 6.04 Å². The van der Waals surface area contributed by atoms with Gasteiger partial charge in [-0.15, -0.1) is 0 Å². The van der Waals surface area contributed by atoms with Crippen molar-refractivity contribution < 1.29 is 0 Å². The van der Waals surface area contributed by atoms with E-state index in [-0.39, 0.29) is 0 Å². The number of nitrogens with zero attached hydrogens (tertiary/aromatic N) is 1. The average molecular weight is 318 g/mol. The third-order valence-corrected chi connectivity index (χ3v) is 4.26. The maximum absolute atomic E-state index is 6.21. The standard InChI is InChI=1S/C13H18BrClN2/c1-16-12-4-6-17(7-5-12)9-10-8-11(14)2-3-13(10)15/h2-3,8,12,16H,4-7,9H2,1H3. The Morgan fingerprint density at radius 3 is 2.76 bits per heavy atom. The number of benzene rings is 1. The highest BCUT2D eigenvalue weighted by Gasteiger charge is 2.18. The summed E-state index contributed by atoms with van der Waals surface area (Å²) in [4.78, 5) is 2.47. The molecular weight excluding hydrogens is 300 g/mol. The molecule has 2 nitrogen and oxygen atoms in total. The molecule has 2 rings (SSSR count). The minimum atomic E-state index is 0.684. The summed E-state index contributed by atoms with van der Waals surface area (Å²) in [6.45, 7) is 3.25. The molecule has 4 heteroatoms. The SMILES string of the molecule is CNC1CCN(Cc2cc(Br)ccc2Cl)CC1. The van der Waals surface area contributed by atoms with Crippen LogP contribution in [0.3, 0.4) is 0 Å². The highest BCUT2D eigenvalue weighted by molar-refractivity contribution is 9.10. The molecular formula is C13H18BrClN2. The predicted molar refractivity (Wildman–Crippen MR) is 76.5 cm³/mol. The lowest BCUT2D eigenvalue weighted by Crippen LogP contribution is -2.40. The zero-order chi connectivity index (χ0) is 12.3. The maximum atomic E-state index is 6.21. The Bertz CT molecular complexity index is 376. The van der Waals surface area contributed by atoms with Crippen LogP contribution in [0.15, 0.2) is 22.7 Å². The molecule has 0 unspecified atom stereocenters. The van der Waals surface area contributed by atoms with Gasteiger partial charge >= 0.3 is 0 Å². The normalized spacial score (nSPS) is 18.5. The van der Waals surface area contributed by atoms with Crippen molar-refractivity contribution in [2.45, 2.75) is 25.4 Å². The molecule has 0 radical (unpaired) electrons. The van der Waals surface area contributed by atoms with Crippen LogP contribution >= 0.6 is 27.5 Å². The van der Waals surface area contributed by atoms with Gasteiger partial charge in [0.1, 0.15) is 0 Å². The van der Waals surface area contributed by atoms with E-state index in [2.05, 4.69) is 32.2 Å². The van der Waals surface area contributed by atoms with Crippen LogP contribution in [0.2, 0.25) is 5.02 Å². The van der Waals surface area contributed by atoms with Gasteiger partial charge in [-0.2, -0.15) is 0 Å². The molecule has 1 heterocycles. The molecule has 0 aliphatic carbocycles. The first kappa shape index (κ1) is 13.3. The van der Waals surface area contributed by atoms with Crippen LogP contribution in [0, 0.1) is 0 Å². The first-order valence-corrected chi connectivity index (χ1v) is 7.19. The van der Waals surface area contributed by atoms with E-state index in [1.807, 2.05) is 19.2 Å². The molecule has 1 aromatic carbocycles. The lowest BCUT2D eigenvalue weighted by atomic mass is 10.0. The number of likely N-dealkylation sites (tertiary alicyclic amines) is 1. The Hall–Kier alpha value is -0.0900. The fourth-order valence-electron chi connectivity index (χ4n) is 2.29. The quantitative estimate of drug-likeness (QED) is 0.920. The number of halogens is 2. The van der Waals surface area contributed by atoms with Crippen LogP contribution in [0.5, 0.6) is 0 Å². The molecule has 1 fully saturated rings. The van der Waals surface area contributed by atoms with Gasteiger partial charge in [0.25, 0.3) is 0 Å². The number of hydrogen-bond donors (Lipinski definition) is 1. The molecule has 0 bridgehead atoms. The minimum Gasteiger partial charge on any atom is -0.317 e. The van der Waals surface area contributed by atoms with Crippen molar-refractivity contribution in [2.75, 3.05) is 20.1 Å². The van der Waals surface area contributed by atoms with E-state index in [4.69, 9.17) is 11.6 Å². The van der Waals surface area contributed by atoms with Crippen LogP contribution in [-0.2, 0) is 6.54 Å². The average Bonchev–Trinajstić information content (AvgIpc) is 2.35. The van der Waals surface area contributed by atoms with Crippen LogP contribution < -0.4 is 5.32 Å². The molecule has 94 valence electrons. The lowest BCUT2D eigenvalue weighted by Gasteiger charge is -2.31. The molecule has 0 amide bonds. The van der Waals surface area contributed by atoms with E-state index in [0.717, 1.165) is 29.1 Å². The molecule has 0 atom stereocenters. The summed E-state index contributed by atoms with van der Waals surface area (Å²) in [7, 11) is 2.05. The van der Waals surface area contributed by atoms with E-state index < -0.39 is 0 Å². The van der Waals surface area contributed by atoms with Crippen molar-refractivity contribution in [1.82, 2.24) is 10.2 Å². The summed E-state index contributed by atoms with van der Waals surface area (Å²) in [6, 6.07) is 6.75. The van der Waals surface area contributed by atoms with Gasteiger partial charge in [-0.3, -0.25) is 4.90 Å². The van der Waals surface area contributed by atoms with Gasteiger partial charge < -0.3 is 5.32 Å². The first-order chi connectivity index (χ1) is 8.19. The summed E-state index contributed by atoms with van der Waals surface area (Å²) < 4.78 is 1.10. The Kier molecular flexibility index (Phi) is 4.86. The molecule has 1 aromatic rings. The molecule has 1 saturated heterocycles. The largest absolute Gasteiger partial charge is 0.317 e. The van der Waals surface area contributed by atoms with Crippen LogP contribution in [0.25, 0.3) is 0 Å². The van der Waals surface area contributed by atoms with E-state index in [1.165, 1.54) is 18.4 Å². The van der Waals surface area contributed by atoms with Crippen molar-refractivity contribution in [3.8, 4) is 0 Å². The summed E-state index contributed by atoms with van der Waals surface area (Å²) >= 11 is 9.71. The smallest absolute Gasteiger partial charge is 0.0451 e. The fourth-order valence-corrected chi connectivity index (χ4v) is 2.87. The molecule has 1 N–H and O–H groups in total. The number of nitrogens with one attached hydrogen (secondary N) is 1. The third kappa shape index (κ3) is 3.68. The van der Waals surface area contributed by atoms with Crippen molar-refractivity contribution in [3.05, 3.63) is 33.3 Å². The highest BCUT2D eigenvalue weighted by Crippen LogP contribution is 2.23. The Morgan fingerprint density at radius 2 is 2.12 bits per heavy atom. The monoisotopic (exact) mass is 316 g/mol. The lowest BCUT2D eigenvalue weighted by molar-refractivity contribution is 0.194. The summed E-state index contributed by atoms with van der Waals surface area (Å²) in [5.74, 6) is 0. The molecule has 0 saturated carbocycles. The van der Waals surface area contributed by atoms with Crippen molar-refractivity contribution in [3.63, 3.8) is 0 Å². The highest BCUT2D eigenvalue weighted by atomic mass is 79.9. The van der Waals surface area contributed by atoms with Crippen molar-refractivity contribution in [2.24, 2.45) is 0 Å². The molecule has 0 spiro atoms. The Balaban J connectivity index is 1.95. The fraction of sp³-hybridized carbons (Fsp3) is 0.538. The van der Waals surface area contributed by atoms with Crippen LogP contribution in [0.4, 0.5) is 0 Å². The molecule has 17 heavy (non-hydrogen) atoms. The van der Waals surface area contributed by atoms with Gasteiger partial charge in [-0.05, 0) is 56.7 Å². The van der Waals surface area contributed by atoms with Gasteiger partial charge in [0, 0.05) is 22.1 Å². The number of rotatable bonds is 3. The Morgan fingerprint density at radius 1 is 1.41 bits per heavy atom. The minimum absolute atomic E-state index is 0.684. The Labute approximate surface area is 116 Å². The van der Waals surface area contributed by atoms with Crippen LogP contribution in [0.1, 0.15) is 18.4 Å². The van der Waals surface area contributed by atoms with E-state index in [9.17, 15) is 0 Å². The molecule has 1 aliphatic rings. The first-order valence-electron chi connectivity index (χ1n) is 6.02. The topological polar surface area (TPSA) is 15.3 Å². The van der Waals surface area contributed by atoms with Crippen LogP contribution in [-0.4, -0.2) is 31.1 Å². The third-order valence-electron chi connectivity index (χ3n) is 3.40. The summed E-state index contributed by atoms with van der Waals surface area (Å²) in [5, 5.41) is 4.21. The second-order valence-corrected chi connectivity index (χ2v) is 5.90. The second-order valence-electron chi connectivity index (χ2n) is 4.57. The van der Waals surface area contributed by atoms with Crippen molar-refractivity contribution >= 4 is 27.5 Å². The zero-order valence-electron chi connectivity index (χ0n) is 10.0. The number of piperidine rings is 1. The maximum Gasteiger partial charge on any atom is 0.0451 e. The van der Waals surface area contributed by atoms with E-state index >= 15 is 0 Å². The summed E-state index contributed by atoms with van der Waals surface area (Å²) in [6.07, 6.45) is 2.45. The number of hydrogen-bond acceptors (Lipinski definition) is 2.